The molecule has 1 fully saturated rings. The van der Waals surface area contributed by atoms with Crippen molar-refractivity contribution >= 4 is 20.6 Å². The van der Waals surface area contributed by atoms with Crippen LogP contribution < -0.4 is 0 Å². The molecule has 1 aliphatic rings. The number of hydrogen-bond acceptors (Lipinski definition) is 4. The lowest BCUT2D eigenvalue weighted by Crippen LogP contribution is -2.23. The SMILES string of the molecule is O=S1C[C@H](O)[C@H](CO)S1. The van der Waals surface area contributed by atoms with E-state index in [0.29, 0.717) is 5.75 Å². The van der Waals surface area contributed by atoms with Crippen molar-refractivity contribution in [2.75, 3.05) is 12.4 Å². The first kappa shape index (κ1) is 7.53. The molecule has 0 spiro atoms. The third kappa shape index (κ3) is 1.67. The van der Waals surface area contributed by atoms with Crippen LogP contribution in [0.1, 0.15) is 0 Å². The second kappa shape index (κ2) is 3.01. The van der Waals surface area contributed by atoms with Crippen molar-refractivity contribution in [1.82, 2.24) is 0 Å². The van der Waals surface area contributed by atoms with Gasteiger partial charge in [-0.1, -0.05) is 10.8 Å². The molecule has 1 heterocycles. The van der Waals surface area contributed by atoms with E-state index in [0.717, 1.165) is 10.8 Å². The van der Waals surface area contributed by atoms with Gasteiger partial charge in [-0.05, 0) is 0 Å². The highest BCUT2D eigenvalue weighted by Crippen LogP contribution is 2.27. The van der Waals surface area contributed by atoms with Crippen molar-refractivity contribution < 1.29 is 14.4 Å². The summed E-state index contributed by atoms with van der Waals surface area (Å²) in [6, 6.07) is 0. The summed E-state index contributed by atoms with van der Waals surface area (Å²) in [5.41, 5.74) is 0. The van der Waals surface area contributed by atoms with E-state index >= 15 is 0 Å². The summed E-state index contributed by atoms with van der Waals surface area (Å²) in [5, 5.41) is 17.3. The molecule has 1 saturated heterocycles. The summed E-state index contributed by atoms with van der Waals surface area (Å²) >= 11 is 0. The standard InChI is InChI=1S/C4H8O3S2/c5-1-4-3(6)2-9(7)8-4/h3-6H,1-2H2/t3-,4-,9?/m0/s1. The smallest absolute Gasteiger partial charge is 0.0835 e. The summed E-state index contributed by atoms with van der Waals surface area (Å²) in [7, 11) is 0.170. The maximum absolute atomic E-state index is 10.6. The van der Waals surface area contributed by atoms with Crippen LogP contribution in [-0.2, 0) is 9.83 Å². The molecule has 1 unspecified atom stereocenters. The first-order valence-corrected chi connectivity index (χ1v) is 5.30. The highest BCUT2D eigenvalue weighted by Gasteiger charge is 2.30. The number of hydrogen-bond donors (Lipinski definition) is 2. The van der Waals surface area contributed by atoms with Crippen LogP contribution >= 0.6 is 10.8 Å². The Morgan fingerprint density at radius 3 is 2.67 bits per heavy atom. The third-order valence-corrected chi connectivity index (χ3v) is 4.48. The number of rotatable bonds is 1. The highest BCUT2D eigenvalue weighted by atomic mass is 33.1. The third-order valence-electron chi connectivity index (χ3n) is 1.15. The van der Waals surface area contributed by atoms with Gasteiger partial charge in [0.1, 0.15) is 0 Å². The minimum Gasteiger partial charge on any atom is -0.395 e. The Kier molecular flexibility index (Phi) is 2.51. The predicted molar refractivity (Wildman–Crippen MR) is 37.5 cm³/mol. The molecular formula is C4H8O3S2. The van der Waals surface area contributed by atoms with Crippen molar-refractivity contribution in [3.63, 3.8) is 0 Å². The van der Waals surface area contributed by atoms with Crippen LogP contribution in [0.25, 0.3) is 0 Å². The molecule has 0 radical (unpaired) electrons. The quantitative estimate of drug-likeness (QED) is 0.499. The second-order valence-electron chi connectivity index (χ2n) is 1.86. The number of aliphatic hydroxyl groups is 2. The van der Waals surface area contributed by atoms with Crippen LogP contribution in [0.5, 0.6) is 0 Å². The van der Waals surface area contributed by atoms with Gasteiger partial charge in [-0.3, -0.25) is 0 Å². The van der Waals surface area contributed by atoms with Crippen molar-refractivity contribution in [3.05, 3.63) is 0 Å². The van der Waals surface area contributed by atoms with Gasteiger partial charge >= 0.3 is 0 Å². The summed E-state index contributed by atoms with van der Waals surface area (Å²) < 4.78 is 10.6. The van der Waals surface area contributed by atoms with Gasteiger partial charge in [0.25, 0.3) is 0 Å². The molecule has 0 aromatic heterocycles. The Morgan fingerprint density at radius 1 is 1.78 bits per heavy atom. The minimum absolute atomic E-state index is 0.0857. The van der Waals surface area contributed by atoms with Crippen LogP contribution in [0.15, 0.2) is 0 Å². The number of aliphatic hydroxyl groups excluding tert-OH is 2. The van der Waals surface area contributed by atoms with Crippen LogP contribution in [0.2, 0.25) is 0 Å². The van der Waals surface area contributed by atoms with Crippen LogP contribution in [0.4, 0.5) is 0 Å². The van der Waals surface area contributed by atoms with Crippen molar-refractivity contribution in [2.24, 2.45) is 0 Å². The van der Waals surface area contributed by atoms with Crippen LogP contribution in [0, 0.1) is 0 Å². The van der Waals surface area contributed by atoms with Gasteiger partial charge in [-0.25, -0.2) is 4.21 Å². The van der Waals surface area contributed by atoms with Crippen LogP contribution in [0.3, 0.4) is 0 Å². The molecule has 1 rings (SSSR count). The van der Waals surface area contributed by atoms with E-state index in [9.17, 15) is 4.21 Å². The van der Waals surface area contributed by atoms with Gasteiger partial charge in [0.15, 0.2) is 0 Å². The zero-order valence-corrected chi connectivity index (χ0v) is 6.32. The zero-order valence-electron chi connectivity index (χ0n) is 4.69. The lowest BCUT2D eigenvalue weighted by atomic mass is 10.3. The summed E-state index contributed by atoms with van der Waals surface area (Å²) in [6.45, 7) is -0.0857. The van der Waals surface area contributed by atoms with Gasteiger partial charge in [-0.2, -0.15) is 0 Å². The molecule has 0 amide bonds. The fraction of sp³-hybridized carbons (Fsp3) is 1.00. The van der Waals surface area contributed by atoms with E-state index in [-0.39, 0.29) is 11.9 Å². The molecule has 0 bridgehead atoms. The van der Waals surface area contributed by atoms with E-state index in [1.165, 1.54) is 0 Å². The van der Waals surface area contributed by atoms with Gasteiger partial charge in [-0.15, -0.1) is 0 Å². The van der Waals surface area contributed by atoms with E-state index in [4.69, 9.17) is 10.2 Å². The second-order valence-corrected chi connectivity index (χ2v) is 5.29. The fourth-order valence-corrected chi connectivity index (χ4v) is 3.96. The normalized spacial score (nSPS) is 43.6. The molecule has 3 nitrogen and oxygen atoms in total. The highest BCUT2D eigenvalue weighted by molar-refractivity contribution is 8.69. The molecular weight excluding hydrogens is 160 g/mol. The molecule has 0 saturated carbocycles. The first-order valence-electron chi connectivity index (χ1n) is 2.58. The Labute approximate surface area is 59.3 Å². The van der Waals surface area contributed by atoms with Crippen molar-refractivity contribution in [1.29, 1.82) is 0 Å². The fourth-order valence-electron chi connectivity index (χ4n) is 0.640. The summed E-state index contributed by atoms with van der Waals surface area (Å²) in [4.78, 5) is 0. The molecule has 0 aromatic carbocycles. The maximum Gasteiger partial charge on any atom is 0.0835 e. The monoisotopic (exact) mass is 168 g/mol. The largest absolute Gasteiger partial charge is 0.395 e. The van der Waals surface area contributed by atoms with E-state index in [2.05, 4.69) is 0 Å². The molecule has 0 aromatic rings. The Morgan fingerprint density at radius 2 is 2.44 bits per heavy atom. The molecule has 54 valence electrons. The summed E-state index contributed by atoms with van der Waals surface area (Å²) in [5.74, 6) is 0.301. The van der Waals surface area contributed by atoms with Crippen molar-refractivity contribution in [3.8, 4) is 0 Å². The van der Waals surface area contributed by atoms with E-state index in [1.54, 1.807) is 0 Å². The van der Waals surface area contributed by atoms with E-state index in [1.807, 2.05) is 0 Å². The Balaban J connectivity index is 2.47. The van der Waals surface area contributed by atoms with E-state index < -0.39 is 15.9 Å². The topological polar surface area (TPSA) is 57.5 Å². The first-order chi connectivity index (χ1) is 4.24. The average molecular weight is 168 g/mol. The average Bonchev–Trinajstić information content (AvgIpc) is 2.10. The molecule has 3 atom stereocenters. The predicted octanol–water partition coefficient (Wildman–Crippen LogP) is -0.881. The maximum atomic E-state index is 10.6. The van der Waals surface area contributed by atoms with Gasteiger partial charge in [0.2, 0.25) is 0 Å². The molecule has 0 aliphatic carbocycles. The Hall–Kier alpha value is 0.420. The minimum atomic E-state index is -0.976. The van der Waals surface area contributed by atoms with Gasteiger partial charge in [0, 0.05) is 0 Å². The lowest BCUT2D eigenvalue weighted by Gasteiger charge is -2.05. The summed E-state index contributed by atoms with van der Waals surface area (Å²) in [6.07, 6.45) is -0.583. The van der Waals surface area contributed by atoms with Gasteiger partial charge < -0.3 is 10.2 Å². The Bertz CT molecular complexity index is 127. The molecule has 5 heteroatoms. The lowest BCUT2D eigenvalue weighted by molar-refractivity contribution is 0.162. The van der Waals surface area contributed by atoms with Crippen molar-refractivity contribution in [2.45, 2.75) is 11.4 Å². The molecule has 2 N–H and O–H groups in total. The molecule has 9 heavy (non-hydrogen) atoms. The van der Waals surface area contributed by atoms with Crippen LogP contribution in [-0.4, -0.2) is 38.1 Å². The zero-order chi connectivity index (χ0) is 6.85. The molecule has 1 aliphatic heterocycles. The van der Waals surface area contributed by atoms with Gasteiger partial charge in [0.05, 0.1) is 33.5 Å².